The third-order valence-corrected chi connectivity index (χ3v) is 3.55. The second-order valence-electron chi connectivity index (χ2n) is 4.68. The van der Waals surface area contributed by atoms with Crippen LogP contribution in [0.3, 0.4) is 0 Å². The lowest BCUT2D eigenvalue weighted by molar-refractivity contribution is 0.0469. The third kappa shape index (κ3) is 0.980. The molecule has 0 aromatic rings. The Bertz CT molecular complexity index is 110. The lowest BCUT2D eigenvalue weighted by Crippen LogP contribution is -2.35. The maximum absolute atomic E-state index is 2.38. The van der Waals surface area contributed by atoms with Crippen LogP contribution in [0.15, 0.2) is 0 Å². The van der Waals surface area contributed by atoms with Gasteiger partial charge in [0.05, 0.1) is 0 Å². The molecule has 3 fully saturated rings. The van der Waals surface area contributed by atoms with Crippen molar-refractivity contribution in [1.82, 2.24) is 0 Å². The van der Waals surface area contributed by atoms with E-state index in [2.05, 4.69) is 13.8 Å². The van der Waals surface area contributed by atoms with Gasteiger partial charge in [-0.2, -0.15) is 0 Å². The van der Waals surface area contributed by atoms with Crippen LogP contribution < -0.4 is 0 Å². The van der Waals surface area contributed by atoms with Gasteiger partial charge in [0.1, 0.15) is 0 Å². The molecule has 10 heavy (non-hydrogen) atoms. The van der Waals surface area contributed by atoms with Crippen molar-refractivity contribution in [3.63, 3.8) is 0 Å². The molecule has 0 heteroatoms. The van der Waals surface area contributed by atoms with E-state index < -0.39 is 0 Å². The molecule has 0 saturated heterocycles. The van der Waals surface area contributed by atoms with Crippen molar-refractivity contribution in [1.29, 1.82) is 0 Å². The van der Waals surface area contributed by atoms with E-state index in [0.29, 0.717) is 0 Å². The summed E-state index contributed by atoms with van der Waals surface area (Å²) >= 11 is 0. The molecule has 0 unspecified atom stereocenters. The highest BCUT2D eigenvalue weighted by Gasteiger charge is 2.38. The first-order valence-electron chi connectivity index (χ1n) is 4.75. The summed E-state index contributed by atoms with van der Waals surface area (Å²) in [7, 11) is 0. The Kier molecular flexibility index (Phi) is 1.51. The van der Waals surface area contributed by atoms with Crippen LogP contribution in [0, 0.1) is 23.7 Å². The van der Waals surface area contributed by atoms with Gasteiger partial charge in [0.15, 0.2) is 0 Å². The summed E-state index contributed by atoms with van der Waals surface area (Å²) in [6.07, 6.45) is 6.24. The Morgan fingerprint density at radius 1 is 0.900 bits per heavy atom. The minimum atomic E-state index is 0.950. The topological polar surface area (TPSA) is 0 Å². The highest BCUT2D eigenvalue weighted by molar-refractivity contribution is 4.89. The summed E-state index contributed by atoms with van der Waals surface area (Å²) in [6.45, 7) is 4.77. The molecule has 3 aliphatic carbocycles. The molecule has 3 aliphatic rings. The number of hydrogen-bond acceptors (Lipinski definition) is 0. The molecule has 3 rings (SSSR count). The van der Waals surface area contributed by atoms with E-state index in [1.807, 2.05) is 0 Å². The Hall–Kier alpha value is 0. The molecule has 0 heterocycles. The van der Waals surface area contributed by atoms with Crippen LogP contribution in [0.4, 0.5) is 0 Å². The Morgan fingerprint density at radius 3 is 1.70 bits per heavy atom. The summed E-state index contributed by atoms with van der Waals surface area (Å²) in [6, 6.07) is 0. The lowest BCUT2D eigenvalue weighted by atomic mass is 9.59. The van der Waals surface area contributed by atoms with Gasteiger partial charge in [-0.05, 0) is 49.4 Å². The van der Waals surface area contributed by atoms with Gasteiger partial charge in [0, 0.05) is 0 Å². The first-order chi connectivity index (χ1) is 4.75. The van der Waals surface area contributed by atoms with Gasteiger partial charge in [-0.1, -0.05) is 13.8 Å². The summed E-state index contributed by atoms with van der Waals surface area (Å²) < 4.78 is 0. The molecule has 0 atom stereocenters. The van der Waals surface area contributed by atoms with Crippen LogP contribution in [0.25, 0.3) is 0 Å². The van der Waals surface area contributed by atoms with Crippen molar-refractivity contribution in [3.05, 3.63) is 0 Å². The van der Waals surface area contributed by atoms with Crippen molar-refractivity contribution in [2.24, 2.45) is 23.7 Å². The Labute approximate surface area is 64.0 Å². The van der Waals surface area contributed by atoms with Gasteiger partial charge in [-0.3, -0.25) is 0 Å². The molecule has 2 bridgehead atoms. The molecule has 3 saturated carbocycles. The molecule has 0 aromatic heterocycles. The summed E-state index contributed by atoms with van der Waals surface area (Å²) in [5, 5.41) is 0. The molecule has 0 N–H and O–H groups in total. The second kappa shape index (κ2) is 2.25. The van der Waals surface area contributed by atoms with Crippen LogP contribution in [-0.4, -0.2) is 0 Å². The number of hydrogen-bond donors (Lipinski definition) is 0. The highest BCUT2D eigenvalue weighted by Crippen LogP contribution is 2.49. The van der Waals surface area contributed by atoms with Crippen molar-refractivity contribution in [2.75, 3.05) is 0 Å². The lowest BCUT2D eigenvalue weighted by Gasteiger charge is -2.46. The van der Waals surface area contributed by atoms with E-state index in [1.54, 1.807) is 25.7 Å². The van der Waals surface area contributed by atoms with Crippen molar-refractivity contribution < 1.29 is 0 Å². The minimum absolute atomic E-state index is 0.950. The smallest absolute Gasteiger partial charge is 0.0386 e. The summed E-state index contributed by atoms with van der Waals surface area (Å²) in [5.41, 5.74) is 0. The van der Waals surface area contributed by atoms with Gasteiger partial charge in [0.2, 0.25) is 0 Å². The van der Waals surface area contributed by atoms with Crippen LogP contribution in [-0.2, 0) is 0 Å². The van der Waals surface area contributed by atoms with Gasteiger partial charge in [-0.25, -0.2) is 0 Å². The fourth-order valence-electron chi connectivity index (χ4n) is 2.76. The highest BCUT2D eigenvalue weighted by atomic mass is 14.4. The predicted octanol–water partition coefficient (Wildman–Crippen LogP) is 3.08. The average molecular weight is 138 g/mol. The van der Waals surface area contributed by atoms with E-state index >= 15 is 0 Å². The molecule has 0 aliphatic heterocycles. The third-order valence-electron chi connectivity index (χ3n) is 3.55. The minimum Gasteiger partial charge on any atom is -0.0625 e. The molecule has 0 nitrogen and oxygen atoms in total. The first kappa shape index (κ1) is 6.69. The average Bonchev–Trinajstić information content (AvgIpc) is 1.86. The van der Waals surface area contributed by atoms with Crippen molar-refractivity contribution >= 4 is 0 Å². The van der Waals surface area contributed by atoms with Crippen LogP contribution >= 0.6 is 0 Å². The van der Waals surface area contributed by atoms with Crippen LogP contribution in [0.5, 0.6) is 0 Å². The summed E-state index contributed by atoms with van der Waals surface area (Å²) in [5.74, 6) is 4.32. The molecule has 0 amide bonds. The van der Waals surface area contributed by atoms with Crippen molar-refractivity contribution in [2.45, 2.75) is 39.5 Å². The van der Waals surface area contributed by atoms with Gasteiger partial charge < -0.3 is 0 Å². The molecule has 0 radical (unpaired) electrons. The largest absolute Gasteiger partial charge is 0.0625 e. The molecule has 0 aromatic carbocycles. The predicted molar refractivity (Wildman–Crippen MR) is 43.8 cm³/mol. The van der Waals surface area contributed by atoms with E-state index in [9.17, 15) is 0 Å². The summed E-state index contributed by atoms with van der Waals surface area (Å²) in [4.78, 5) is 0. The van der Waals surface area contributed by atoms with E-state index in [1.165, 1.54) is 0 Å². The molecule has 58 valence electrons. The second-order valence-corrected chi connectivity index (χ2v) is 4.68. The number of rotatable bonds is 1. The standard InChI is InChI=1S/C10H18/c1-7(2)10-5-8-3-9(4-8)6-10/h7-10H,3-6H2,1-2H3. The van der Waals surface area contributed by atoms with Gasteiger partial charge >= 0.3 is 0 Å². The fourth-order valence-corrected chi connectivity index (χ4v) is 2.76. The quantitative estimate of drug-likeness (QED) is 0.522. The van der Waals surface area contributed by atoms with Gasteiger partial charge in [0.25, 0.3) is 0 Å². The zero-order valence-corrected chi connectivity index (χ0v) is 7.14. The maximum Gasteiger partial charge on any atom is -0.0386 e. The van der Waals surface area contributed by atoms with E-state index in [-0.39, 0.29) is 0 Å². The first-order valence-corrected chi connectivity index (χ1v) is 4.75. The van der Waals surface area contributed by atoms with Crippen LogP contribution in [0.2, 0.25) is 0 Å². The van der Waals surface area contributed by atoms with Gasteiger partial charge in [-0.15, -0.1) is 0 Å². The van der Waals surface area contributed by atoms with E-state index in [0.717, 1.165) is 23.7 Å². The maximum atomic E-state index is 2.38. The zero-order valence-electron chi connectivity index (χ0n) is 7.14. The molecular formula is C10H18. The van der Waals surface area contributed by atoms with Crippen LogP contribution in [0.1, 0.15) is 39.5 Å². The Balaban J connectivity index is 1.91. The zero-order chi connectivity index (χ0) is 7.14. The fraction of sp³-hybridized carbons (Fsp3) is 1.00. The van der Waals surface area contributed by atoms with Crippen molar-refractivity contribution in [3.8, 4) is 0 Å². The molecule has 0 spiro atoms. The van der Waals surface area contributed by atoms with E-state index in [4.69, 9.17) is 0 Å². The number of fused-ring (bicyclic) bond motifs is 2. The monoisotopic (exact) mass is 138 g/mol. The SMILES string of the molecule is CC(C)C1CC2CC(C2)C1. The Morgan fingerprint density at radius 2 is 1.40 bits per heavy atom. The normalized spacial score (nSPS) is 45.3. The molecular weight excluding hydrogens is 120 g/mol.